The maximum Gasteiger partial charge on any atom is 0.151 e. The topological polar surface area (TPSA) is 42.7 Å². The van der Waals surface area contributed by atoms with Gasteiger partial charge in [0.2, 0.25) is 0 Å². The molecule has 78 valence electrons. The Balaban J connectivity index is 2.17. The van der Waals surface area contributed by atoms with Gasteiger partial charge in [-0.3, -0.25) is 0 Å². The third kappa shape index (κ3) is 1.93. The van der Waals surface area contributed by atoms with Gasteiger partial charge in [0.1, 0.15) is 6.33 Å². The SMILES string of the molecule is CC(C)n1cnnc1C1CSCCN1. The van der Waals surface area contributed by atoms with Crippen molar-refractivity contribution in [3.63, 3.8) is 0 Å². The molecule has 0 spiro atoms. The zero-order valence-electron chi connectivity index (χ0n) is 8.60. The van der Waals surface area contributed by atoms with Gasteiger partial charge < -0.3 is 9.88 Å². The highest BCUT2D eigenvalue weighted by atomic mass is 32.2. The Morgan fingerprint density at radius 2 is 2.50 bits per heavy atom. The van der Waals surface area contributed by atoms with E-state index < -0.39 is 0 Å². The Kier molecular flexibility index (Phi) is 3.08. The molecule has 1 aromatic heterocycles. The number of rotatable bonds is 2. The highest BCUT2D eigenvalue weighted by Crippen LogP contribution is 2.21. The van der Waals surface area contributed by atoms with Gasteiger partial charge in [-0.15, -0.1) is 10.2 Å². The highest BCUT2D eigenvalue weighted by molar-refractivity contribution is 7.99. The van der Waals surface area contributed by atoms with Gasteiger partial charge in [0, 0.05) is 24.1 Å². The largest absolute Gasteiger partial charge is 0.314 e. The first-order valence-corrected chi connectivity index (χ1v) is 6.15. The molecule has 1 N–H and O–H groups in total. The van der Waals surface area contributed by atoms with E-state index in [0.29, 0.717) is 12.1 Å². The summed E-state index contributed by atoms with van der Waals surface area (Å²) < 4.78 is 2.14. The number of nitrogens with one attached hydrogen (secondary N) is 1. The van der Waals surface area contributed by atoms with Crippen molar-refractivity contribution in [2.45, 2.75) is 25.9 Å². The Bertz CT molecular complexity index is 291. The van der Waals surface area contributed by atoms with Crippen molar-refractivity contribution in [1.29, 1.82) is 0 Å². The molecule has 1 aliphatic rings. The van der Waals surface area contributed by atoms with Crippen molar-refractivity contribution < 1.29 is 0 Å². The lowest BCUT2D eigenvalue weighted by molar-refractivity contribution is 0.493. The van der Waals surface area contributed by atoms with Crippen molar-refractivity contribution in [3.8, 4) is 0 Å². The number of hydrogen-bond donors (Lipinski definition) is 1. The minimum Gasteiger partial charge on any atom is -0.314 e. The van der Waals surface area contributed by atoms with Crippen molar-refractivity contribution >= 4 is 11.8 Å². The summed E-state index contributed by atoms with van der Waals surface area (Å²) in [6, 6.07) is 0.812. The maximum absolute atomic E-state index is 4.20. The third-order valence-electron chi connectivity index (χ3n) is 2.39. The summed E-state index contributed by atoms with van der Waals surface area (Å²) in [7, 11) is 0. The molecule has 1 aliphatic heterocycles. The van der Waals surface area contributed by atoms with Crippen LogP contribution in [0.3, 0.4) is 0 Å². The first-order chi connectivity index (χ1) is 6.79. The molecule has 0 radical (unpaired) electrons. The molecule has 1 saturated heterocycles. The smallest absolute Gasteiger partial charge is 0.151 e. The predicted octanol–water partition coefficient (Wildman–Crippen LogP) is 1.24. The molecule has 2 heterocycles. The summed E-state index contributed by atoms with van der Waals surface area (Å²) in [5.41, 5.74) is 0. The second-order valence-corrected chi connectivity index (χ2v) is 4.92. The monoisotopic (exact) mass is 212 g/mol. The molecule has 0 amide bonds. The summed E-state index contributed by atoms with van der Waals surface area (Å²) >= 11 is 1.98. The van der Waals surface area contributed by atoms with Crippen molar-refractivity contribution in [1.82, 2.24) is 20.1 Å². The molecular formula is C9H16N4S. The molecule has 1 fully saturated rings. The minimum atomic E-state index is 0.374. The van der Waals surface area contributed by atoms with E-state index in [1.165, 1.54) is 5.75 Å². The van der Waals surface area contributed by atoms with Crippen LogP contribution in [0.15, 0.2) is 6.33 Å². The van der Waals surface area contributed by atoms with Gasteiger partial charge in [-0.2, -0.15) is 11.8 Å². The van der Waals surface area contributed by atoms with Crippen LogP contribution in [0, 0.1) is 0 Å². The second kappa shape index (κ2) is 4.31. The first-order valence-electron chi connectivity index (χ1n) is 4.99. The van der Waals surface area contributed by atoms with E-state index in [0.717, 1.165) is 18.1 Å². The van der Waals surface area contributed by atoms with Crippen molar-refractivity contribution in [2.75, 3.05) is 18.1 Å². The molecule has 1 atom stereocenters. The average Bonchev–Trinajstić information content (AvgIpc) is 2.67. The van der Waals surface area contributed by atoms with Crippen LogP contribution in [-0.2, 0) is 0 Å². The number of aromatic nitrogens is 3. The molecule has 0 aliphatic carbocycles. The van der Waals surface area contributed by atoms with E-state index in [4.69, 9.17) is 0 Å². The Morgan fingerprint density at radius 3 is 3.14 bits per heavy atom. The van der Waals surface area contributed by atoms with Gasteiger partial charge in [0.05, 0.1) is 6.04 Å². The van der Waals surface area contributed by atoms with Gasteiger partial charge in [-0.25, -0.2) is 0 Å². The van der Waals surface area contributed by atoms with Gasteiger partial charge in [0.25, 0.3) is 0 Å². The van der Waals surface area contributed by atoms with Crippen molar-refractivity contribution in [2.24, 2.45) is 0 Å². The van der Waals surface area contributed by atoms with Crippen LogP contribution in [-0.4, -0.2) is 32.8 Å². The average molecular weight is 212 g/mol. The fraction of sp³-hybridized carbons (Fsp3) is 0.778. The number of nitrogens with zero attached hydrogens (tertiary/aromatic N) is 3. The van der Waals surface area contributed by atoms with E-state index in [1.54, 1.807) is 0 Å². The van der Waals surface area contributed by atoms with Crippen LogP contribution >= 0.6 is 11.8 Å². The fourth-order valence-electron chi connectivity index (χ4n) is 1.63. The Labute approximate surface area is 88.5 Å². The highest BCUT2D eigenvalue weighted by Gasteiger charge is 2.21. The first kappa shape index (κ1) is 9.98. The van der Waals surface area contributed by atoms with Gasteiger partial charge >= 0.3 is 0 Å². The molecular weight excluding hydrogens is 196 g/mol. The fourth-order valence-corrected chi connectivity index (χ4v) is 2.56. The molecule has 0 aromatic carbocycles. The number of hydrogen-bond acceptors (Lipinski definition) is 4. The van der Waals surface area contributed by atoms with Crippen LogP contribution in [0.5, 0.6) is 0 Å². The molecule has 4 nitrogen and oxygen atoms in total. The summed E-state index contributed by atoms with van der Waals surface area (Å²) in [5.74, 6) is 3.38. The zero-order chi connectivity index (χ0) is 9.97. The minimum absolute atomic E-state index is 0.374. The third-order valence-corrected chi connectivity index (χ3v) is 3.45. The zero-order valence-corrected chi connectivity index (χ0v) is 9.42. The summed E-state index contributed by atoms with van der Waals surface area (Å²) in [4.78, 5) is 0. The molecule has 0 bridgehead atoms. The van der Waals surface area contributed by atoms with Crippen LogP contribution < -0.4 is 5.32 Å². The van der Waals surface area contributed by atoms with E-state index in [-0.39, 0.29) is 0 Å². The standard InChI is InChI=1S/C9H16N4S/c1-7(2)13-6-11-12-9(13)8-5-14-4-3-10-8/h6-8,10H,3-5H2,1-2H3. The molecule has 14 heavy (non-hydrogen) atoms. The van der Waals surface area contributed by atoms with E-state index in [2.05, 4.69) is 33.9 Å². The summed E-state index contributed by atoms with van der Waals surface area (Å²) in [5, 5.41) is 11.7. The lowest BCUT2D eigenvalue weighted by Gasteiger charge is -2.23. The van der Waals surface area contributed by atoms with E-state index >= 15 is 0 Å². The van der Waals surface area contributed by atoms with E-state index in [9.17, 15) is 0 Å². The predicted molar refractivity (Wildman–Crippen MR) is 58.5 cm³/mol. The van der Waals surface area contributed by atoms with Crippen LogP contribution in [0.4, 0.5) is 0 Å². The van der Waals surface area contributed by atoms with Crippen LogP contribution in [0.1, 0.15) is 31.8 Å². The lowest BCUT2D eigenvalue weighted by atomic mass is 10.3. The molecule has 0 saturated carbocycles. The van der Waals surface area contributed by atoms with Gasteiger partial charge in [0.15, 0.2) is 5.82 Å². The van der Waals surface area contributed by atoms with E-state index in [1.807, 2.05) is 18.1 Å². The summed E-state index contributed by atoms with van der Waals surface area (Å²) in [6.45, 7) is 5.38. The van der Waals surface area contributed by atoms with Crippen LogP contribution in [0.2, 0.25) is 0 Å². The van der Waals surface area contributed by atoms with Gasteiger partial charge in [-0.05, 0) is 13.8 Å². The number of thioether (sulfide) groups is 1. The Hall–Kier alpha value is -0.550. The second-order valence-electron chi connectivity index (χ2n) is 3.77. The lowest BCUT2D eigenvalue weighted by Crippen LogP contribution is -2.32. The maximum atomic E-state index is 4.20. The molecule has 1 aromatic rings. The summed E-state index contributed by atoms with van der Waals surface area (Å²) in [6.07, 6.45) is 1.82. The molecule has 5 heteroatoms. The van der Waals surface area contributed by atoms with Crippen molar-refractivity contribution in [3.05, 3.63) is 12.2 Å². The Morgan fingerprint density at radius 1 is 1.64 bits per heavy atom. The van der Waals surface area contributed by atoms with Crippen LogP contribution in [0.25, 0.3) is 0 Å². The quantitative estimate of drug-likeness (QED) is 0.801. The normalized spacial score (nSPS) is 22.9. The van der Waals surface area contributed by atoms with Gasteiger partial charge in [-0.1, -0.05) is 0 Å². The molecule has 2 rings (SSSR count). The molecule has 1 unspecified atom stereocenters.